The molecule has 0 aliphatic heterocycles. The average molecular weight is 327 g/mol. The number of hydrogen-bond acceptors (Lipinski definition) is 2. The van der Waals surface area contributed by atoms with Crippen LogP contribution in [0.5, 0.6) is 0 Å². The third kappa shape index (κ3) is 5.85. The van der Waals surface area contributed by atoms with Gasteiger partial charge in [-0.2, -0.15) is 0 Å². The van der Waals surface area contributed by atoms with E-state index >= 15 is 0 Å². The van der Waals surface area contributed by atoms with Crippen LogP contribution in [-0.2, 0) is 9.53 Å². The molecule has 0 rings (SSSR count). The Bertz CT molecular complexity index is 200. The maximum atomic E-state index is 10.7. The van der Waals surface area contributed by atoms with Gasteiger partial charge >= 0.3 is 5.97 Å². The number of carbonyl (C=O) groups is 1. The zero-order valence-electron chi connectivity index (χ0n) is 5.04. The van der Waals surface area contributed by atoms with E-state index in [1.54, 1.807) is 22.6 Å². The Morgan fingerprint density at radius 2 is 2.09 bits per heavy atom. The van der Waals surface area contributed by atoms with Crippen molar-refractivity contribution in [2.75, 3.05) is 6.61 Å². The van der Waals surface area contributed by atoms with Gasteiger partial charge < -0.3 is 4.74 Å². The van der Waals surface area contributed by atoms with Crippen LogP contribution in [-0.4, -0.2) is 16.4 Å². The van der Waals surface area contributed by atoms with Crippen LogP contribution in [0.2, 0.25) is 0 Å². The second-order valence-corrected chi connectivity index (χ2v) is 4.17. The number of carbonyl (C=O) groups excluding carboxylic acids is 1. The Morgan fingerprint density at radius 1 is 1.55 bits per heavy atom. The van der Waals surface area contributed by atoms with Crippen LogP contribution in [0.15, 0.2) is 0 Å². The third-order valence-corrected chi connectivity index (χ3v) is 1.42. The molecule has 2 nitrogen and oxygen atoms in total. The summed E-state index contributed by atoms with van der Waals surface area (Å²) in [4.78, 5) is 10.7. The van der Waals surface area contributed by atoms with Gasteiger partial charge in [0.05, 0.1) is 0 Å². The maximum absolute atomic E-state index is 10.7. The van der Waals surface area contributed by atoms with Crippen LogP contribution in [0.3, 0.4) is 0 Å². The summed E-state index contributed by atoms with van der Waals surface area (Å²) in [7, 11) is 0. The van der Waals surface area contributed by atoms with E-state index in [0.29, 0.717) is 0 Å². The number of halogens is 4. The van der Waals surface area contributed by atoms with Gasteiger partial charge in [0.2, 0.25) is 0 Å². The molecule has 0 aromatic carbocycles. The highest BCUT2D eigenvalue weighted by atomic mass is 127. The zero-order valence-corrected chi connectivity index (χ0v) is 9.46. The SMILES string of the molecule is O=C(OCC#CI)C(Cl)(Cl)Cl. The standard InChI is InChI=1S/C5H2Cl3IO2/c6-5(7,8)4(10)11-3-1-2-9/h3H2. The van der Waals surface area contributed by atoms with E-state index in [1.807, 2.05) is 0 Å². The van der Waals surface area contributed by atoms with Crippen molar-refractivity contribution in [2.24, 2.45) is 0 Å². The molecule has 62 valence electrons. The molecule has 6 heteroatoms. The fourth-order valence-corrected chi connectivity index (χ4v) is 0.530. The summed E-state index contributed by atoms with van der Waals surface area (Å²) in [5, 5.41) is 0. The molecule has 0 atom stereocenters. The molecule has 0 N–H and O–H groups in total. The first-order valence-electron chi connectivity index (χ1n) is 2.31. The molecule has 0 heterocycles. The normalized spacial score (nSPS) is 9.82. The number of rotatable bonds is 1. The summed E-state index contributed by atoms with van der Waals surface area (Å²) in [5.74, 6) is 1.55. The number of hydrogen-bond donors (Lipinski definition) is 0. The monoisotopic (exact) mass is 326 g/mol. The van der Waals surface area contributed by atoms with E-state index in [4.69, 9.17) is 34.8 Å². The van der Waals surface area contributed by atoms with Gasteiger partial charge in [-0.25, -0.2) is 4.79 Å². The Balaban J connectivity index is 3.77. The van der Waals surface area contributed by atoms with Gasteiger partial charge in [-0.1, -0.05) is 40.7 Å². The molecule has 0 aliphatic rings. The summed E-state index contributed by atoms with van der Waals surface area (Å²) in [6.07, 6.45) is 0. The van der Waals surface area contributed by atoms with Gasteiger partial charge in [0.1, 0.15) is 0 Å². The van der Waals surface area contributed by atoms with Gasteiger partial charge in [-0.3, -0.25) is 0 Å². The summed E-state index contributed by atoms with van der Waals surface area (Å²) in [6, 6.07) is 0. The van der Waals surface area contributed by atoms with Crippen molar-refractivity contribution >= 4 is 63.4 Å². The van der Waals surface area contributed by atoms with Gasteiger partial charge in [0, 0.05) is 22.6 Å². The highest BCUT2D eigenvalue weighted by molar-refractivity contribution is 14.1. The van der Waals surface area contributed by atoms with Crippen molar-refractivity contribution in [3.8, 4) is 9.85 Å². The minimum atomic E-state index is -2.01. The molecule has 0 aliphatic carbocycles. The predicted molar refractivity (Wildman–Crippen MR) is 53.0 cm³/mol. The van der Waals surface area contributed by atoms with E-state index < -0.39 is 9.76 Å². The van der Waals surface area contributed by atoms with E-state index in [-0.39, 0.29) is 6.61 Å². The average Bonchev–Trinajstić information content (AvgIpc) is 1.86. The summed E-state index contributed by atoms with van der Waals surface area (Å²) < 4.78 is 4.91. The van der Waals surface area contributed by atoms with Gasteiger partial charge in [-0.05, 0) is 3.93 Å². The number of ether oxygens (including phenoxy) is 1. The molecule has 11 heavy (non-hydrogen) atoms. The minimum Gasteiger partial charge on any atom is -0.449 e. The third-order valence-electron chi connectivity index (χ3n) is 0.574. The molecule has 0 fully saturated rings. The first-order chi connectivity index (χ1) is 4.98. The number of esters is 1. The molecule has 0 spiro atoms. The van der Waals surface area contributed by atoms with E-state index in [0.717, 1.165) is 0 Å². The fraction of sp³-hybridized carbons (Fsp3) is 0.400. The number of alkyl halides is 3. The molecular weight excluding hydrogens is 325 g/mol. The van der Waals surface area contributed by atoms with Gasteiger partial charge in [0.15, 0.2) is 6.61 Å². The largest absolute Gasteiger partial charge is 0.449 e. The molecule has 0 aromatic heterocycles. The highest BCUT2D eigenvalue weighted by Gasteiger charge is 2.32. The first-order valence-corrected chi connectivity index (χ1v) is 4.52. The van der Waals surface area contributed by atoms with Crippen molar-refractivity contribution in [1.82, 2.24) is 0 Å². The second-order valence-electron chi connectivity index (χ2n) is 1.35. The van der Waals surface area contributed by atoms with Crippen LogP contribution >= 0.6 is 57.4 Å². The zero-order chi connectivity index (χ0) is 8.91. The van der Waals surface area contributed by atoms with Crippen LogP contribution in [0.4, 0.5) is 0 Å². The van der Waals surface area contributed by atoms with Gasteiger partial charge in [-0.15, -0.1) is 0 Å². The molecule has 0 bridgehead atoms. The lowest BCUT2D eigenvalue weighted by Gasteiger charge is -2.07. The summed E-state index contributed by atoms with van der Waals surface area (Å²) in [6.45, 7) is -0.0598. The Labute approximate surface area is 92.6 Å². The Hall–Kier alpha value is 0.630. The lowest BCUT2D eigenvalue weighted by atomic mass is 10.7. The van der Waals surface area contributed by atoms with E-state index in [1.165, 1.54) is 0 Å². The summed E-state index contributed by atoms with van der Waals surface area (Å²) in [5.41, 5.74) is 0. The van der Waals surface area contributed by atoms with Crippen LogP contribution < -0.4 is 0 Å². The lowest BCUT2D eigenvalue weighted by molar-refractivity contribution is -0.141. The molecule has 0 unspecified atom stereocenters. The van der Waals surface area contributed by atoms with Crippen molar-refractivity contribution < 1.29 is 9.53 Å². The van der Waals surface area contributed by atoms with Crippen molar-refractivity contribution in [3.05, 3.63) is 0 Å². The molecule has 0 radical (unpaired) electrons. The molecule has 0 aromatic rings. The quantitative estimate of drug-likeness (QED) is 0.320. The summed E-state index contributed by atoms with van der Waals surface area (Å²) >= 11 is 17.3. The van der Waals surface area contributed by atoms with Crippen molar-refractivity contribution in [2.45, 2.75) is 3.79 Å². The Kier molecular flexibility index (Phi) is 5.61. The van der Waals surface area contributed by atoms with Gasteiger partial charge in [0.25, 0.3) is 3.79 Å². The highest BCUT2D eigenvalue weighted by Crippen LogP contribution is 2.27. The molecule has 0 amide bonds. The topological polar surface area (TPSA) is 26.3 Å². The van der Waals surface area contributed by atoms with Crippen molar-refractivity contribution in [3.63, 3.8) is 0 Å². The second kappa shape index (κ2) is 5.31. The minimum absolute atomic E-state index is 0.0598. The Morgan fingerprint density at radius 3 is 2.45 bits per heavy atom. The van der Waals surface area contributed by atoms with Crippen LogP contribution in [0.25, 0.3) is 0 Å². The lowest BCUT2D eigenvalue weighted by Crippen LogP contribution is -2.21. The molecule has 0 saturated carbocycles. The van der Waals surface area contributed by atoms with E-state index in [9.17, 15) is 4.79 Å². The van der Waals surface area contributed by atoms with Crippen LogP contribution in [0, 0.1) is 9.85 Å². The fourth-order valence-electron chi connectivity index (χ4n) is 0.211. The molecular formula is C5H2Cl3IO2. The molecule has 0 saturated heterocycles. The van der Waals surface area contributed by atoms with E-state index in [2.05, 4.69) is 14.6 Å². The predicted octanol–water partition coefficient (Wildman–Crippen LogP) is 2.30. The first kappa shape index (κ1) is 11.6. The van der Waals surface area contributed by atoms with Crippen molar-refractivity contribution in [1.29, 1.82) is 0 Å². The smallest absolute Gasteiger partial charge is 0.359 e. The van der Waals surface area contributed by atoms with Crippen LogP contribution in [0.1, 0.15) is 0 Å². The maximum Gasteiger partial charge on any atom is 0.359 e.